The second-order valence-corrected chi connectivity index (χ2v) is 12.5. The van der Waals surface area contributed by atoms with Gasteiger partial charge in [-0.15, -0.1) is 0 Å². The van der Waals surface area contributed by atoms with E-state index < -0.39 is 0 Å². The van der Waals surface area contributed by atoms with Crippen LogP contribution in [0.3, 0.4) is 0 Å². The highest BCUT2D eigenvalue weighted by Crippen LogP contribution is 2.18. The van der Waals surface area contributed by atoms with Gasteiger partial charge >= 0.3 is 0 Å². The number of hydrogen-bond acceptors (Lipinski definition) is 3. The van der Waals surface area contributed by atoms with Gasteiger partial charge in [-0.2, -0.15) is 0 Å². The van der Waals surface area contributed by atoms with Crippen LogP contribution in [0.1, 0.15) is 111 Å². The van der Waals surface area contributed by atoms with Gasteiger partial charge in [-0.1, -0.05) is 84.0 Å². The molecule has 0 bridgehead atoms. The summed E-state index contributed by atoms with van der Waals surface area (Å²) in [4.78, 5) is 0. The number of ether oxygens (including phenoxy) is 2. The van der Waals surface area contributed by atoms with E-state index in [1.165, 1.54) is 96.4 Å². The van der Waals surface area contributed by atoms with Gasteiger partial charge in [-0.05, 0) is 87.4 Å². The normalized spacial score (nSPS) is 10.9. The molecule has 0 saturated heterocycles. The molecule has 0 spiro atoms. The van der Waals surface area contributed by atoms with Gasteiger partial charge in [0.1, 0.15) is 11.5 Å². The Morgan fingerprint density at radius 2 is 0.881 bits per heavy atom. The van der Waals surface area contributed by atoms with Crippen LogP contribution in [0.15, 0.2) is 48.5 Å². The fourth-order valence-electron chi connectivity index (χ4n) is 4.68. The van der Waals surface area contributed by atoms with Crippen molar-refractivity contribution < 1.29 is 14.0 Å². The number of thiocarbonyl (C=S) groups is 1. The SMILES string of the molecule is CCCCCCCCCCCCCCCC[N+](C)(C)C.CCOc1ccc(NC(=S)Nc2ccc(OCC)cc2)cc1. The minimum absolute atomic E-state index is 0.535. The molecule has 2 aromatic carbocycles. The van der Waals surface area contributed by atoms with Gasteiger partial charge in [0.25, 0.3) is 0 Å². The van der Waals surface area contributed by atoms with Crippen LogP contribution in [0.2, 0.25) is 0 Å². The second kappa shape index (κ2) is 24.2. The summed E-state index contributed by atoms with van der Waals surface area (Å²) in [6.45, 7) is 8.86. The Balaban J connectivity index is 0.000000423. The lowest BCUT2D eigenvalue weighted by molar-refractivity contribution is -0.870. The molecular weight excluding hydrogens is 538 g/mol. The number of nitrogens with one attached hydrogen (secondary N) is 2. The van der Waals surface area contributed by atoms with Crippen molar-refractivity contribution >= 4 is 28.7 Å². The maximum atomic E-state index is 5.40. The first-order valence-corrected chi connectivity index (χ1v) is 17.0. The molecule has 238 valence electrons. The molecule has 0 aromatic heterocycles. The summed E-state index contributed by atoms with van der Waals surface area (Å²) in [7, 11) is 6.88. The largest absolute Gasteiger partial charge is 0.494 e. The number of unbranched alkanes of at least 4 members (excludes halogenated alkanes) is 13. The molecule has 2 aromatic rings. The van der Waals surface area contributed by atoms with Gasteiger partial charge in [0.2, 0.25) is 0 Å². The van der Waals surface area contributed by atoms with E-state index in [-0.39, 0.29) is 0 Å². The molecule has 0 heterocycles. The van der Waals surface area contributed by atoms with Gasteiger partial charge in [0, 0.05) is 11.4 Å². The number of quaternary nitrogens is 1. The zero-order valence-electron chi connectivity index (χ0n) is 27.8. The number of rotatable bonds is 21. The standard InChI is InChI=1S/C19H42N.C17H20N2O2S/c1-5-6-7-8-9-10-11-12-13-14-15-16-17-18-19-20(2,3)4;1-3-20-15-9-5-13(6-10-15)18-17(22)19-14-7-11-16(12-8-14)21-4-2/h5-19H2,1-4H3;5-12H,3-4H2,1-2H3,(H2,18,19,22)/q+1;. The molecule has 2 rings (SSSR count). The molecule has 0 saturated carbocycles. The minimum atomic E-state index is 0.535. The highest BCUT2D eigenvalue weighted by atomic mass is 32.1. The van der Waals surface area contributed by atoms with E-state index >= 15 is 0 Å². The average Bonchev–Trinajstić information content (AvgIpc) is 2.95. The van der Waals surface area contributed by atoms with Gasteiger partial charge < -0.3 is 24.6 Å². The third kappa shape index (κ3) is 21.4. The molecule has 0 fully saturated rings. The van der Waals surface area contributed by atoms with Gasteiger partial charge in [0.05, 0.1) is 40.9 Å². The van der Waals surface area contributed by atoms with Crippen molar-refractivity contribution in [1.29, 1.82) is 0 Å². The van der Waals surface area contributed by atoms with Crippen molar-refractivity contribution in [3.63, 3.8) is 0 Å². The summed E-state index contributed by atoms with van der Waals surface area (Å²) in [5, 5.41) is 6.80. The smallest absolute Gasteiger partial charge is 0.175 e. The van der Waals surface area contributed by atoms with Crippen LogP contribution in [0.4, 0.5) is 11.4 Å². The fraction of sp³-hybridized carbons (Fsp3) is 0.639. The lowest BCUT2D eigenvalue weighted by Gasteiger charge is -2.23. The lowest BCUT2D eigenvalue weighted by Crippen LogP contribution is -2.35. The summed E-state index contributed by atoms with van der Waals surface area (Å²) in [5.41, 5.74) is 1.82. The molecule has 0 radical (unpaired) electrons. The molecule has 0 aliphatic carbocycles. The maximum Gasteiger partial charge on any atom is 0.175 e. The lowest BCUT2D eigenvalue weighted by atomic mass is 10.0. The third-order valence-corrected chi connectivity index (χ3v) is 7.23. The van der Waals surface area contributed by atoms with Crippen molar-refractivity contribution in [3.8, 4) is 11.5 Å². The zero-order chi connectivity index (χ0) is 30.9. The van der Waals surface area contributed by atoms with Crippen LogP contribution in [0.25, 0.3) is 0 Å². The Morgan fingerprint density at radius 3 is 1.19 bits per heavy atom. The third-order valence-electron chi connectivity index (χ3n) is 7.03. The van der Waals surface area contributed by atoms with Crippen molar-refractivity contribution in [1.82, 2.24) is 0 Å². The van der Waals surface area contributed by atoms with Crippen LogP contribution in [-0.4, -0.2) is 50.5 Å². The number of benzene rings is 2. The first-order chi connectivity index (χ1) is 20.3. The molecule has 5 nitrogen and oxygen atoms in total. The van der Waals surface area contributed by atoms with Gasteiger partial charge in [-0.3, -0.25) is 0 Å². The summed E-state index contributed by atoms with van der Waals surface area (Å²) in [6.07, 6.45) is 20.4. The van der Waals surface area contributed by atoms with Crippen LogP contribution in [-0.2, 0) is 0 Å². The summed E-state index contributed by atoms with van der Waals surface area (Å²) < 4.78 is 11.9. The van der Waals surface area contributed by atoms with E-state index in [9.17, 15) is 0 Å². The Kier molecular flexibility index (Phi) is 21.7. The van der Waals surface area contributed by atoms with E-state index in [0.717, 1.165) is 27.4 Å². The summed E-state index contributed by atoms with van der Waals surface area (Å²) in [5.74, 6) is 1.69. The molecule has 0 amide bonds. The predicted octanol–water partition coefficient (Wildman–Crippen LogP) is 10.5. The zero-order valence-corrected chi connectivity index (χ0v) is 28.6. The predicted molar refractivity (Wildman–Crippen MR) is 188 cm³/mol. The molecule has 0 atom stereocenters. The van der Waals surface area contributed by atoms with Crippen molar-refractivity contribution in [3.05, 3.63) is 48.5 Å². The Hall–Kier alpha value is -2.31. The Bertz CT molecular complexity index is 857. The monoisotopic (exact) mass is 600 g/mol. The second-order valence-electron chi connectivity index (χ2n) is 12.1. The Morgan fingerprint density at radius 1 is 0.548 bits per heavy atom. The van der Waals surface area contributed by atoms with Crippen molar-refractivity contribution in [2.45, 2.75) is 111 Å². The number of hydrogen-bond donors (Lipinski definition) is 2. The molecule has 0 aliphatic heterocycles. The van der Waals surface area contributed by atoms with Crippen LogP contribution >= 0.6 is 12.2 Å². The van der Waals surface area contributed by atoms with Gasteiger partial charge in [0.15, 0.2) is 5.11 Å². The topological polar surface area (TPSA) is 42.5 Å². The first kappa shape index (κ1) is 37.7. The van der Waals surface area contributed by atoms with Crippen LogP contribution in [0, 0.1) is 0 Å². The minimum Gasteiger partial charge on any atom is -0.494 e. The van der Waals surface area contributed by atoms with E-state index in [1.54, 1.807) is 0 Å². The molecule has 0 aliphatic rings. The molecular formula is C36H62N3O2S+. The Labute approximate surface area is 264 Å². The molecule has 2 N–H and O–H groups in total. The quantitative estimate of drug-likeness (QED) is 0.0847. The van der Waals surface area contributed by atoms with E-state index in [1.807, 2.05) is 62.4 Å². The molecule has 0 unspecified atom stereocenters. The summed E-state index contributed by atoms with van der Waals surface area (Å²) in [6, 6.07) is 15.3. The first-order valence-electron chi connectivity index (χ1n) is 16.6. The highest BCUT2D eigenvalue weighted by molar-refractivity contribution is 7.80. The maximum absolute atomic E-state index is 5.40. The average molecular weight is 601 g/mol. The van der Waals surface area contributed by atoms with Crippen molar-refractivity contribution in [2.24, 2.45) is 0 Å². The van der Waals surface area contributed by atoms with E-state index in [0.29, 0.717) is 18.3 Å². The molecule has 42 heavy (non-hydrogen) atoms. The van der Waals surface area contributed by atoms with Crippen LogP contribution in [0.5, 0.6) is 11.5 Å². The fourth-order valence-corrected chi connectivity index (χ4v) is 4.91. The van der Waals surface area contributed by atoms with Crippen molar-refractivity contribution in [2.75, 3.05) is 51.5 Å². The van der Waals surface area contributed by atoms with Gasteiger partial charge in [-0.25, -0.2) is 0 Å². The molecule has 6 heteroatoms. The summed E-state index contributed by atoms with van der Waals surface area (Å²) >= 11 is 5.30. The highest BCUT2D eigenvalue weighted by Gasteiger charge is 2.05. The van der Waals surface area contributed by atoms with E-state index in [4.69, 9.17) is 21.7 Å². The number of anilines is 2. The van der Waals surface area contributed by atoms with Crippen LogP contribution < -0.4 is 20.1 Å². The number of nitrogens with zero attached hydrogens (tertiary/aromatic N) is 1. The van der Waals surface area contributed by atoms with E-state index in [2.05, 4.69) is 38.7 Å².